The maximum atomic E-state index is 12.9. The third kappa shape index (κ3) is 4.30. The minimum atomic E-state index is -0.463. The fourth-order valence-electron chi connectivity index (χ4n) is 3.58. The molecule has 6 heteroatoms. The molecule has 0 saturated carbocycles. The van der Waals surface area contributed by atoms with Crippen LogP contribution in [-0.4, -0.2) is 47.3 Å². The zero-order valence-corrected chi connectivity index (χ0v) is 15.0. The van der Waals surface area contributed by atoms with Crippen molar-refractivity contribution in [3.63, 3.8) is 0 Å². The summed E-state index contributed by atoms with van der Waals surface area (Å²) in [5.74, 6) is 0.361. The number of likely N-dealkylation sites (tertiary alicyclic amines) is 1. The smallest absolute Gasteiger partial charge is 0.223 e. The number of carbonyl (C=O) groups is 3. The van der Waals surface area contributed by atoms with Crippen LogP contribution in [-0.2, 0) is 20.8 Å². The Hall–Kier alpha value is -1.66. The van der Waals surface area contributed by atoms with Gasteiger partial charge in [-0.1, -0.05) is 42.3 Å². The summed E-state index contributed by atoms with van der Waals surface area (Å²) >= 11 is 1.42. The quantitative estimate of drug-likeness (QED) is 0.621. The van der Waals surface area contributed by atoms with E-state index >= 15 is 0 Å². The predicted octanol–water partition coefficient (Wildman–Crippen LogP) is 2.00. The van der Waals surface area contributed by atoms with Crippen LogP contribution in [0.1, 0.15) is 31.2 Å². The van der Waals surface area contributed by atoms with Crippen molar-refractivity contribution in [1.82, 2.24) is 9.62 Å². The van der Waals surface area contributed by atoms with Gasteiger partial charge >= 0.3 is 0 Å². The van der Waals surface area contributed by atoms with E-state index in [0.717, 1.165) is 24.7 Å². The van der Waals surface area contributed by atoms with Gasteiger partial charge in [0, 0.05) is 24.6 Å². The average molecular weight is 360 g/mol. The Morgan fingerprint density at radius 1 is 1.24 bits per heavy atom. The molecule has 2 saturated heterocycles. The Morgan fingerprint density at radius 2 is 2.04 bits per heavy atom. The summed E-state index contributed by atoms with van der Waals surface area (Å²) in [6.45, 7) is 0.635. The molecule has 2 aliphatic heterocycles. The molecule has 3 unspecified atom stereocenters. The van der Waals surface area contributed by atoms with Gasteiger partial charge in [-0.25, -0.2) is 0 Å². The Labute approximate surface area is 152 Å². The molecule has 0 aliphatic carbocycles. The van der Waals surface area contributed by atoms with Gasteiger partial charge in [-0.2, -0.15) is 0 Å². The van der Waals surface area contributed by atoms with Gasteiger partial charge in [0.15, 0.2) is 5.78 Å². The van der Waals surface area contributed by atoms with E-state index in [4.69, 9.17) is 0 Å². The first-order chi connectivity index (χ1) is 12.2. The highest BCUT2D eigenvalue weighted by atomic mass is 32.2. The number of Topliss-reactive ketones (excluding diaryl/α,β-unsaturated/α-hetero) is 1. The second-order valence-electron chi connectivity index (χ2n) is 6.69. The second-order valence-corrected chi connectivity index (χ2v) is 7.55. The first kappa shape index (κ1) is 18.1. The van der Waals surface area contributed by atoms with Crippen molar-refractivity contribution in [3.8, 4) is 0 Å². The van der Waals surface area contributed by atoms with E-state index in [0.29, 0.717) is 31.6 Å². The molecule has 2 fully saturated rings. The zero-order valence-electron chi connectivity index (χ0n) is 14.2. The van der Waals surface area contributed by atoms with E-state index in [2.05, 4.69) is 4.72 Å². The Kier molecular flexibility index (Phi) is 6.26. The molecule has 1 aromatic carbocycles. The molecule has 25 heavy (non-hydrogen) atoms. The van der Waals surface area contributed by atoms with Crippen LogP contribution in [0.3, 0.4) is 0 Å². The lowest BCUT2D eigenvalue weighted by molar-refractivity contribution is -0.142. The summed E-state index contributed by atoms with van der Waals surface area (Å²) in [5.41, 5.74) is 1.13. The Balaban J connectivity index is 1.64. The summed E-state index contributed by atoms with van der Waals surface area (Å²) in [6, 6.07) is 9.07. The van der Waals surface area contributed by atoms with E-state index in [1.807, 2.05) is 30.3 Å². The zero-order chi connectivity index (χ0) is 17.6. The average Bonchev–Trinajstić information content (AvgIpc) is 3.15. The predicted molar refractivity (Wildman–Crippen MR) is 98.1 cm³/mol. The fourth-order valence-corrected chi connectivity index (χ4v) is 4.61. The number of carbonyl (C=O) groups excluding carboxylic acids is 3. The first-order valence-corrected chi connectivity index (χ1v) is 9.89. The van der Waals surface area contributed by atoms with Gasteiger partial charge in [0.05, 0.1) is 12.1 Å². The molecular formula is C19H24N2O3S. The normalized spacial score (nSPS) is 26.4. The highest BCUT2D eigenvalue weighted by Gasteiger charge is 2.40. The Bertz CT molecular complexity index is 622. The van der Waals surface area contributed by atoms with Gasteiger partial charge in [-0.3, -0.25) is 14.3 Å². The monoisotopic (exact) mass is 360 g/mol. The number of amides is 1. The van der Waals surface area contributed by atoms with E-state index in [1.165, 1.54) is 11.9 Å². The molecule has 5 nitrogen and oxygen atoms in total. The van der Waals surface area contributed by atoms with Gasteiger partial charge in [0.1, 0.15) is 6.29 Å². The van der Waals surface area contributed by atoms with Crippen LogP contribution in [0.4, 0.5) is 0 Å². The lowest BCUT2D eigenvalue weighted by Crippen LogP contribution is -2.53. The van der Waals surface area contributed by atoms with Crippen molar-refractivity contribution >= 4 is 29.9 Å². The number of benzene rings is 1. The first-order valence-electron chi connectivity index (χ1n) is 8.90. The molecule has 134 valence electrons. The van der Waals surface area contributed by atoms with E-state index < -0.39 is 12.1 Å². The summed E-state index contributed by atoms with van der Waals surface area (Å²) in [5, 5.41) is 0. The number of nitrogens with one attached hydrogen (secondary N) is 1. The number of aldehydes is 1. The van der Waals surface area contributed by atoms with Crippen LogP contribution < -0.4 is 4.72 Å². The molecular weight excluding hydrogens is 336 g/mol. The van der Waals surface area contributed by atoms with Crippen molar-refractivity contribution in [3.05, 3.63) is 35.9 Å². The molecule has 0 spiro atoms. The Morgan fingerprint density at radius 3 is 2.80 bits per heavy atom. The number of hydrogen-bond donors (Lipinski definition) is 1. The van der Waals surface area contributed by atoms with Crippen molar-refractivity contribution in [2.24, 2.45) is 5.92 Å². The number of aryl methyl sites for hydroxylation is 1. The molecule has 0 aromatic heterocycles. The molecule has 2 aliphatic rings. The number of ketones is 1. The summed E-state index contributed by atoms with van der Waals surface area (Å²) in [4.78, 5) is 38.6. The summed E-state index contributed by atoms with van der Waals surface area (Å²) in [6.07, 6.45) is 4.54. The molecule has 0 bridgehead atoms. The maximum absolute atomic E-state index is 12.9. The van der Waals surface area contributed by atoms with Crippen molar-refractivity contribution in [2.75, 3.05) is 12.3 Å². The third-order valence-corrected chi connectivity index (χ3v) is 5.99. The maximum Gasteiger partial charge on any atom is 0.223 e. The van der Waals surface area contributed by atoms with Crippen molar-refractivity contribution in [1.29, 1.82) is 0 Å². The van der Waals surface area contributed by atoms with E-state index in [-0.39, 0.29) is 17.6 Å². The molecule has 1 aromatic rings. The minimum Gasteiger partial charge on any atom is -0.333 e. The summed E-state index contributed by atoms with van der Waals surface area (Å²) in [7, 11) is 0. The van der Waals surface area contributed by atoms with Gasteiger partial charge in [-0.15, -0.1) is 0 Å². The number of piperidine rings is 1. The van der Waals surface area contributed by atoms with Crippen LogP contribution in [0.5, 0.6) is 0 Å². The number of nitrogens with zero attached hydrogens (tertiary/aromatic N) is 1. The molecule has 1 amide bonds. The molecule has 0 radical (unpaired) electrons. The van der Waals surface area contributed by atoms with Crippen molar-refractivity contribution < 1.29 is 14.4 Å². The largest absolute Gasteiger partial charge is 0.333 e. The SMILES string of the molecule is O=CC1CSNC1C(=O)C1CCCCN1C(=O)CCc1ccccc1. The highest BCUT2D eigenvalue weighted by Crippen LogP contribution is 2.26. The topological polar surface area (TPSA) is 66.5 Å². The van der Waals surface area contributed by atoms with Crippen LogP contribution in [0, 0.1) is 5.92 Å². The lowest BCUT2D eigenvalue weighted by Gasteiger charge is -2.36. The van der Waals surface area contributed by atoms with E-state index in [1.54, 1.807) is 4.90 Å². The van der Waals surface area contributed by atoms with Gasteiger partial charge in [0.2, 0.25) is 5.91 Å². The lowest BCUT2D eigenvalue weighted by atomic mass is 9.89. The van der Waals surface area contributed by atoms with Gasteiger partial charge in [-0.05, 0) is 31.2 Å². The van der Waals surface area contributed by atoms with Crippen LogP contribution >= 0.6 is 11.9 Å². The fraction of sp³-hybridized carbons (Fsp3) is 0.526. The highest BCUT2D eigenvalue weighted by molar-refractivity contribution is 7.97. The minimum absolute atomic E-state index is 0.00476. The molecule has 2 heterocycles. The third-order valence-electron chi connectivity index (χ3n) is 5.02. The van der Waals surface area contributed by atoms with E-state index in [9.17, 15) is 14.4 Å². The number of rotatable bonds is 6. The van der Waals surface area contributed by atoms with Gasteiger partial charge < -0.3 is 9.69 Å². The van der Waals surface area contributed by atoms with Crippen molar-refractivity contribution in [2.45, 2.75) is 44.2 Å². The van der Waals surface area contributed by atoms with Crippen LogP contribution in [0.15, 0.2) is 30.3 Å². The molecule has 1 N–H and O–H groups in total. The molecule has 3 atom stereocenters. The van der Waals surface area contributed by atoms with Crippen LogP contribution in [0.2, 0.25) is 0 Å². The summed E-state index contributed by atoms with van der Waals surface area (Å²) < 4.78 is 3.07. The molecule has 3 rings (SSSR count). The second kappa shape index (κ2) is 8.63. The number of hydrogen-bond acceptors (Lipinski definition) is 5. The standard InChI is InChI=1S/C19H24N2O3S/c22-12-15-13-25-20-18(15)19(24)16-8-4-5-11-21(16)17(23)10-9-14-6-2-1-3-7-14/h1-3,6-7,12,15-16,18,20H,4-5,8-11,13H2. The van der Waals surface area contributed by atoms with Crippen LogP contribution in [0.25, 0.3) is 0 Å². The van der Waals surface area contributed by atoms with Gasteiger partial charge in [0.25, 0.3) is 0 Å².